The largest absolute Gasteiger partial charge is 0.476 e. The van der Waals surface area contributed by atoms with Crippen molar-refractivity contribution in [1.29, 1.82) is 0 Å². The summed E-state index contributed by atoms with van der Waals surface area (Å²) < 4.78 is 31.2. The van der Waals surface area contributed by atoms with Crippen LogP contribution in [0.3, 0.4) is 0 Å². The predicted octanol–water partition coefficient (Wildman–Crippen LogP) is 2.97. The zero-order valence-electron chi connectivity index (χ0n) is 8.08. The van der Waals surface area contributed by atoms with Crippen LogP contribution in [-0.2, 0) is 0 Å². The van der Waals surface area contributed by atoms with Gasteiger partial charge >= 0.3 is 5.97 Å². The van der Waals surface area contributed by atoms with E-state index in [-0.39, 0.29) is 16.3 Å². The Hall–Kier alpha value is -1.95. The molecule has 1 aromatic carbocycles. The van der Waals surface area contributed by atoms with E-state index in [1.54, 1.807) is 0 Å². The highest BCUT2D eigenvalue weighted by Crippen LogP contribution is 2.28. The quantitative estimate of drug-likeness (QED) is 0.842. The molecule has 2 aromatic rings. The number of aromatic carboxylic acids is 1. The lowest BCUT2D eigenvalue weighted by Gasteiger charge is -2.00. The van der Waals surface area contributed by atoms with Crippen molar-refractivity contribution >= 4 is 17.6 Å². The van der Waals surface area contributed by atoms with Crippen molar-refractivity contribution in [3.05, 3.63) is 40.6 Å². The molecule has 0 aliphatic rings. The van der Waals surface area contributed by atoms with Crippen LogP contribution in [0.2, 0.25) is 5.02 Å². The first-order chi connectivity index (χ1) is 7.99. The van der Waals surface area contributed by atoms with E-state index in [0.29, 0.717) is 0 Å². The Balaban J connectivity index is 2.52. The monoisotopic (exact) mass is 259 g/mol. The maximum absolute atomic E-state index is 13.4. The molecule has 1 heterocycles. The van der Waals surface area contributed by atoms with E-state index in [9.17, 15) is 13.6 Å². The van der Waals surface area contributed by atoms with Gasteiger partial charge in [-0.15, -0.1) is 0 Å². The molecular formula is C10H4ClF2NO3. The molecule has 0 amide bonds. The summed E-state index contributed by atoms with van der Waals surface area (Å²) in [5.74, 6) is -3.17. The summed E-state index contributed by atoms with van der Waals surface area (Å²) in [6, 6.07) is 2.58. The number of hydrogen-bond acceptors (Lipinski definition) is 3. The zero-order chi connectivity index (χ0) is 12.6. The lowest BCUT2D eigenvalue weighted by Crippen LogP contribution is -1.94. The second-order valence-corrected chi connectivity index (χ2v) is 3.53. The molecule has 0 spiro atoms. The first kappa shape index (κ1) is 11.5. The molecule has 0 saturated heterocycles. The molecule has 88 valence electrons. The van der Waals surface area contributed by atoms with Crippen molar-refractivity contribution in [3.8, 4) is 11.3 Å². The van der Waals surface area contributed by atoms with Gasteiger partial charge < -0.3 is 9.63 Å². The fourth-order valence-electron chi connectivity index (χ4n) is 1.21. The predicted molar refractivity (Wildman–Crippen MR) is 53.8 cm³/mol. The van der Waals surface area contributed by atoms with E-state index in [1.165, 1.54) is 0 Å². The molecule has 1 N–H and O–H groups in total. The van der Waals surface area contributed by atoms with Gasteiger partial charge in [0, 0.05) is 6.07 Å². The van der Waals surface area contributed by atoms with Gasteiger partial charge in [-0.1, -0.05) is 16.8 Å². The number of carbonyl (C=O) groups is 1. The Morgan fingerprint density at radius 3 is 2.59 bits per heavy atom. The average Bonchev–Trinajstić information content (AvgIpc) is 2.72. The summed E-state index contributed by atoms with van der Waals surface area (Å²) in [4.78, 5) is 10.5. The Morgan fingerprint density at radius 1 is 1.29 bits per heavy atom. The molecule has 0 radical (unpaired) electrons. The highest BCUT2D eigenvalue weighted by atomic mass is 35.5. The Kier molecular flexibility index (Phi) is 2.81. The summed E-state index contributed by atoms with van der Waals surface area (Å²) in [5.41, 5.74) is -0.637. The third-order valence-electron chi connectivity index (χ3n) is 2.00. The van der Waals surface area contributed by atoms with Crippen LogP contribution < -0.4 is 0 Å². The minimum Gasteiger partial charge on any atom is -0.476 e. The van der Waals surface area contributed by atoms with Crippen molar-refractivity contribution < 1.29 is 23.2 Å². The molecule has 0 fully saturated rings. The molecule has 0 unspecified atom stereocenters. The number of carboxylic acid groups (broad SMARTS) is 1. The maximum Gasteiger partial charge on any atom is 0.358 e. The van der Waals surface area contributed by atoms with Crippen molar-refractivity contribution in [2.45, 2.75) is 0 Å². The summed E-state index contributed by atoms with van der Waals surface area (Å²) >= 11 is 5.37. The van der Waals surface area contributed by atoms with Crippen LogP contribution in [0.5, 0.6) is 0 Å². The van der Waals surface area contributed by atoms with E-state index < -0.39 is 23.3 Å². The van der Waals surface area contributed by atoms with Gasteiger partial charge in [-0.25, -0.2) is 13.6 Å². The van der Waals surface area contributed by atoms with Crippen molar-refractivity contribution in [1.82, 2.24) is 5.16 Å². The van der Waals surface area contributed by atoms with Crippen LogP contribution in [0, 0.1) is 11.6 Å². The van der Waals surface area contributed by atoms with Gasteiger partial charge in [0.25, 0.3) is 0 Å². The summed E-state index contributed by atoms with van der Waals surface area (Å²) in [6.07, 6.45) is 0. The lowest BCUT2D eigenvalue weighted by molar-refractivity contribution is 0.0686. The van der Waals surface area contributed by atoms with Crippen LogP contribution in [0.25, 0.3) is 11.3 Å². The normalized spacial score (nSPS) is 10.5. The second kappa shape index (κ2) is 4.14. The third kappa shape index (κ3) is 2.12. The van der Waals surface area contributed by atoms with E-state index in [4.69, 9.17) is 16.7 Å². The van der Waals surface area contributed by atoms with Crippen molar-refractivity contribution in [3.63, 3.8) is 0 Å². The van der Waals surface area contributed by atoms with Gasteiger partial charge in [-0.05, 0) is 12.1 Å². The van der Waals surface area contributed by atoms with E-state index in [0.717, 1.165) is 18.2 Å². The number of hydrogen-bond donors (Lipinski definition) is 1. The molecule has 2 rings (SSSR count). The highest BCUT2D eigenvalue weighted by Gasteiger charge is 2.17. The molecule has 0 bridgehead atoms. The number of benzene rings is 1. The van der Waals surface area contributed by atoms with Crippen LogP contribution >= 0.6 is 11.6 Å². The number of aromatic nitrogens is 1. The number of carboxylic acids is 1. The Morgan fingerprint density at radius 2 is 2.00 bits per heavy atom. The van der Waals surface area contributed by atoms with Crippen LogP contribution in [0.1, 0.15) is 10.5 Å². The third-order valence-corrected chi connectivity index (χ3v) is 2.29. The van der Waals surface area contributed by atoms with Crippen LogP contribution in [-0.4, -0.2) is 16.2 Å². The maximum atomic E-state index is 13.4. The van der Waals surface area contributed by atoms with Gasteiger partial charge in [-0.2, -0.15) is 0 Å². The summed E-state index contributed by atoms with van der Waals surface area (Å²) in [5, 5.41) is 11.4. The van der Waals surface area contributed by atoms with Gasteiger partial charge in [-0.3, -0.25) is 0 Å². The SMILES string of the molecule is O=C(O)c1cc(-c2cc(F)c(Cl)cc2F)on1. The average molecular weight is 260 g/mol. The fraction of sp³-hybridized carbons (Fsp3) is 0. The summed E-state index contributed by atoms with van der Waals surface area (Å²) in [7, 11) is 0. The fourth-order valence-corrected chi connectivity index (χ4v) is 1.36. The molecule has 1 aromatic heterocycles. The topological polar surface area (TPSA) is 63.3 Å². The van der Waals surface area contributed by atoms with E-state index in [2.05, 4.69) is 9.68 Å². The van der Waals surface area contributed by atoms with E-state index >= 15 is 0 Å². The Bertz CT molecular complexity index is 597. The van der Waals surface area contributed by atoms with Crippen molar-refractivity contribution in [2.24, 2.45) is 0 Å². The van der Waals surface area contributed by atoms with E-state index in [1.807, 2.05) is 0 Å². The smallest absolute Gasteiger partial charge is 0.358 e. The zero-order valence-corrected chi connectivity index (χ0v) is 8.83. The molecule has 0 aliphatic carbocycles. The van der Waals surface area contributed by atoms with Crippen molar-refractivity contribution in [2.75, 3.05) is 0 Å². The molecule has 0 saturated carbocycles. The lowest BCUT2D eigenvalue weighted by atomic mass is 10.1. The molecule has 17 heavy (non-hydrogen) atoms. The van der Waals surface area contributed by atoms with Crippen LogP contribution in [0.15, 0.2) is 22.7 Å². The summed E-state index contributed by atoms with van der Waals surface area (Å²) in [6.45, 7) is 0. The van der Waals surface area contributed by atoms with Crippen LogP contribution in [0.4, 0.5) is 8.78 Å². The minimum absolute atomic E-state index is 0.185. The number of halogens is 3. The highest BCUT2D eigenvalue weighted by molar-refractivity contribution is 6.30. The molecule has 0 aliphatic heterocycles. The van der Waals surface area contributed by atoms with Gasteiger partial charge in [0.15, 0.2) is 11.5 Å². The first-order valence-electron chi connectivity index (χ1n) is 4.34. The molecule has 7 heteroatoms. The Labute approximate surface area is 98.4 Å². The van der Waals surface area contributed by atoms with Gasteiger partial charge in [0.2, 0.25) is 0 Å². The molecule has 0 atom stereocenters. The van der Waals surface area contributed by atoms with Gasteiger partial charge in [0.05, 0.1) is 10.6 Å². The molecular weight excluding hydrogens is 256 g/mol. The molecule has 4 nitrogen and oxygen atoms in total. The number of rotatable bonds is 2. The van der Waals surface area contributed by atoms with Gasteiger partial charge in [0.1, 0.15) is 11.6 Å². The standard InChI is InChI=1S/C10H4ClF2NO3/c11-5-2-6(12)4(1-7(5)13)9-3-8(10(15)16)14-17-9/h1-3H,(H,15,16). The minimum atomic E-state index is -1.32. The first-order valence-corrected chi connectivity index (χ1v) is 4.71. The second-order valence-electron chi connectivity index (χ2n) is 3.13. The number of nitrogens with zero attached hydrogens (tertiary/aromatic N) is 1.